The van der Waals surface area contributed by atoms with E-state index in [1.165, 1.54) is 0 Å². The van der Waals surface area contributed by atoms with Crippen molar-refractivity contribution in [2.24, 2.45) is 0 Å². The van der Waals surface area contributed by atoms with Crippen LogP contribution in [0.25, 0.3) is 0 Å². The monoisotopic (exact) mass is 428 g/mol. The lowest BCUT2D eigenvalue weighted by Gasteiger charge is -2.31. The minimum absolute atomic E-state index is 0.0223. The van der Waals surface area contributed by atoms with Crippen LogP contribution in [-0.4, -0.2) is 49.6 Å². The molecule has 0 saturated carbocycles. The second kappa shape index (κ2) is 11.8. The molecule has 31 heavy (non-hydrogen) atoms. The minimum Gasteiger partial charge on any atom is -0.497 e. The average molecular weight is 429 g/mol. The third-order valence-electron chi connectivity index (χ3n) is 4.73. The Morgan fingerprint density at radius 1 is 0.968 bits per heavy atom. The first-order chi connectivity index (χ1) is 14.9. The summed E-state index contributed by atoms with van der Waals surface area (Å²) in [5, 5.41) is 2.91. The summed E-state index contributed by atoms with van der Waals surface area (Å²) in [4.78, 5) is 27.5. The van der Waals surface area contributed by atoms with Crippen LogP contribution in [-0.2, 0) is 16.1 Å². The van der Waals surface area contributed by atoms with Crippen molar-refractivity contribution in [2.45, 2.75) is 45.8 Å². The number of amides is 2. The molecule has 0 bridgehead atoms. The maximum atomic E-state index is 13.2. The molecule has 7 heteroatoms. The van der Waals surface area contributed by atoms with Gasteiger partial charge in [0.25, 0.3) is 5.91 Å². The van der Waals surface area contributed by atoms with E-state index < -0.39 is 6.04 Å². The number of carbonyl (C=O) groups is 2. The molecular weight excluding hydrogens is 396 g/mol. The molecule has 0 heterocycles. The molecule has 0 radical (unpaired) electrons. The molecule has 2 aromatic rings. The summed E-state index contributed by atoms with van der Waals surface area (Å²) in [6.45, 7) is 5.77. The number of hydrogen-bond donors (Lipinski definition) is 1. The quantitative estimate of drug-likeness (QED) is 0.594. The molecule has 1 atom stereocenters. The summed E-state index contributed by atoms with van der Waals surface area (Å²) in [5.74, 6) is 1.49. The molecule has 0 fully saturated rings. The molecular formula is C24H32N2O5. The zero-order valence-corrected chi connectivity index (χ0v) is 18.9. The number of methoxy groups -OCH3 is 2. The molecule has 0 aliphatic carbocycles. The van der Waals surface area contributed by atoms with E-state index in [1.54, 1.807) is 43.4 Å². The Hall–Kier alpha value is -3.22. The van der Waals surface area contributed by atoms with Gasteiger partial charge in [-0.1, -0.05) is 19.1 Å². The van der Waals surface area contributed by atoms with E-state index in [1.807, 2.05) is 45.0 Å². The summed E-state index contributed by atoms with van der Waals surface area (Å²) in [6.07, 6.45) is 0.483. The number of nitrogens with one attached hydrogen (secondary N) is 1. The summed E-state index contributed by atoms with van der Waals surface area (Å²) < 4.78 is 16.1. The van der Waals surface area contributed by atoms with E-state index in [0.717, 1.165) is 5.56 Å². The van der Waals surface area contributed by atoms with Gasteiger partial charge in [0.15, 0.2) is 6.61 Å². The van der Waals surface area contributed by atoms with Crippen molar-refractivity contribution >= 4 is 11.8 Å². The minimum atomic E-state index is -0.611. The molecule has 0 saturated heterocycles. The fraction of sp³-hybridized carbons (Fsp3) is 0.417. The van der Waals surface area contributed by atoms with Crippen LogP contribution < -0.4 is 19.5 Å². The van der Waals surface area contributed by atoms with E-state index in [2.05, 4.69) is 5.32 Å². The zero-order chi connectivity index (χ0) is 22.8. The highest BCUT2D eigenvalue weighted by molar-refractivity contribution is 5.88. The molecule has 0 unspecified atom stereocenters. The second-order valence-corrected chi connectivity index (χ2v) is 7.42. The van der Waals surface area contributed by atoms with Gasteiger partial charge in [-0.05, 0) is 62.2 Å². The molecule has 2 aromatic carbocycles. The van der Waals surface area contributed by atoms with E-state index in [4.69, 9.17) is 14.2 Å². The molecule has 2 rings (SSSR count). The molecule has 0 spiro atoms. The average Bonchev–Trinajstić information content (AvgIpc) is 2.77. The summed E-state index contributed by atoms with van der Waals surface area (Å²) in [7, 11) is 3.18. The maximum Gasteiger partial charge on any atom is 0.261 e. The summed E-state index contributed by atoms with van der Waals surface area (Å²) >= 11 is 0. The van der Waals surface area contributed by atoms with E-state index >= 15 is 0 Å². The molecule has 168 valence electrons. The summed E-state index contributed by atoms with van der Waals surface area (Å²) in [5.41, 5.74) is 0.868. The SMILES string of the molecule is CC[C@@H](C(=O)NC(C)C)N(Cc1cccc(OC)c1)C(=O)COc1ccc(OC)cc1. The lowest BCUT2D eigenvalue weighted by molar-refractivity contribution is -0.143. The maximum absolute atomic E-state index is 13.2. The first kappa shape index (κ1) is 24.1. The number of hydrogen-bond acceptors (Lipinski definition) is 5. The Kier molecular flexibility index (Phi) is 9.18. The van der Waals surface area contributed by atoms with Crippen molar-refractivity contribution < 1.29 is 23.8 Å². The standard InChI is InChI=1S/C24H32N2O5/c1-6-22(24(28)25-17(2)3)26(15-18-8-7-9-21(14-18)30-5)23(27)16-31-20-12-10-19(29-4)11-13-20/h7-14,17,22H,6,15-16H2,1-5H3,(H,25,28)/t22-/m0/s1. The predicted molar refractivity (Wildman–Crippen MR) is 119 cm³/mol. The molecule has 0 aromatic heterocycles. The topological polar surface area (TPSA) is 77.1 Å². The van der Waals surface area contributed by atoms with Crippen LogP contribution in [0, 0.1) is 0 Å². The van der Waals surface area contributed by atoms with Gasteiger partial charge in [-0.2, -0.15) is 0 Å². The molecule has 2 amide bonds. The van der Waals surface area contributed by atoms with Crippen molar-refractivity contribution in [3.05, 3.63) is 54.1 Å². The number of ether oxygens (including phenoxy) is 3. The first-order valence-electron chi connectivity index (χ1n) is 10.4. The van der Waals surface area contributed by atoms with Gasteiger partial charge < -0.3 is 24.4 Å². The fourth-order valence-electron chi connectivity index (χ4n) is 3.17. The largest absolute Gasteiger partial charge is 0.497 e. The number of benzene rings is 2. The van der Waals surface area contributed by atoms with Gasteiger partial charge in [0.1, 0.15) is 23.3 Å². The van der Waals surface area contributed by atoms with Gasteiger partial charge >= 0.3 is 0 Å². The molecule has 7 nitrogen and oxygen atoms in total. The predicted octanol–water partition coefficient (Wildman–Crippen LogP) is 3.41. The highest BCUT2D eigenvalue weighted by Gasteiger charge is 2.29. The van der Waals surface area contributed by atoms with E-state index in [9.17, 15) is 9.59 Å². The van der Waals surface area contributed by atoms with Crippen LogP contribution >= 0.6 is 0 Å². The van der Waals surface area contributed by atoms with Crippen molar-refractivity contribution in [1.29, 1.82) is 0 Å². The van der Waals surface area contributed by atoms with Crippen LogP contribution in [0.1, 0.15) is 32.8 Å². The van der Waals surface area contributed by atoms with E-state index in [-0.39, 0.29) is 31.0 Å². The van der Waals surface area contributed by atoms with Crippen molar-refractivity contribution in [1.82, 2.24) is 10.2 Å². The number of carbonyl (C=O) groups excluding carboxylic acids is 2. The Morgan fingerprint density at radius 3 is 2.19 bits per heavy atom. The van der Waals surface area contributed by atoms with Crippen LogP contribution in [0.2, 0.25) is 0 Å². The first-order valence-corrected chi connectivity index (χ1v) is 10.4. The smallest absolute Gasteiger partial charge is 0.261 e. The van der Waals surface area contributed by atoms with Crippen LogP contribution in [0.5, 0.6) is 17.2 Å². The fourth-order valence-corrected chi connectivity index (χ4v) is 3.17. The second-order valence-electron chi connectivity index (χ2n) is 7.42. The Bertz CT molecular complexity index is 851. The van der Waals surface area contributed by atoms with Gasteiger partial charge in [-0.3, -0.25) is 9.59 Å². The highest BCUT2D eigenvalue weighted by atomic mass is 16.5. The van der Waals surface area contributed by atoms with Crippen molar-refractivity contribution in [3.63, 3.8) is 0 Å². The third-order valence-corrected chi connectivity index (χ3v) is 4.73. The molecule has 0 aliphatic rings. The molecule has 1 N–H and O–H groups in total. The third kappa shape index (κ3) is 7.20. The molecule has 0 aliphatic heterocycles. The number of rotatable bonds is 11. The van der Waals surface area contributed by atoms with Gasteiger partial charge in [0.2, 0.25) is 5.91 Å². The van der Waals surface area contributed by atoms with Crippen LogP contribution in [0.3, 0.4) is 0 Å². The highest BCUT2D eigenvalue weighted by Crippen LogP contribution is 2.19. The van der Waals surface area contributed by atoms with Gasteiger partial charge in [0, 0.05) is 12.6 Å². The Morgan fingerprint density at radius 2 is 1.61 bits per heavy atom. The number of nitrogens with zero attached hydrogens (tertiary/aromatic N) is 1. The van der Waals surface area contributed by atoms with Crippen LogP contribution in [0.4, 0.5) is 0 Å². The Balaban J connectivity index is 2.21. The van der Waals surface area contributed by atoms with Crippen molar-refractivity contribution in [3.8, 4) is 17.2 Å². The van der Waals surface area contributed by atoms with Gasteiger partial charge in [-0.25, -0.2) is 0 Å². The lowest BCUT2D eigenvalue weighted by Crippen LogP contribution is -2.51. The normalized spacial score (nSPS) is 11.5. The van der Waals surface area contributed by atoms with Gasteiger partial charge in [0.05, 0.1) is 14.2 Å². The van der Waals surface area contributed by atoms with Gasteiger partial charge in [-0.15, -0.1) is 0 Å². The zero-order valence-electron chi connectivity index (χ0n) is 18.9. The lowest BCUT2D eigenvalue weighted by atomic mass is 10.1. The van der Waals surface area contributed by atoms with Crippen molar-refractivity contribution in [2.75, 3.05) is 20.8 Å². The Labute approximate surface area is 184 Å². The summed E-state index contributed by atoms with van der Waals surface area (Å²) in [6, 6.07) is 13.8. The van der Waals surface area contributed by atoms with E-state index in [0.29, 0.717) is 23.7 Å². The van der Waals surface area contributed by atoms with Crippen LogP contribution in [0.15, 0.2) is 48.5 Å².